The summed E-state index contributed by atoms with van der Waals surface area (Å²) in [4.78, 5) is 2.40. The van der Waals surface area contributed by atoms with E-state index in [-0.39, 0.29) is 12.1 Å². The lowest BCUT2D eigenvalue weighted by Gasteiger charge is -2.34. The summed E-state index contributed by atoms with van der Waals surface area (Å²) < 4.78 is 11.3. The van der Waals surface area contributed by atoms with Crippen molar-refractivity contribution in [3.8, 4) is 5.75 Å². The van der Waals surface area contributed by atoms with Crippen molar-refractivity contribution in [2.45, 2.75) is 39.0 Å². The highest BCUT2D eigenvalue weighted by Gasteiger charge is 2.23. The number of morpholine rings is 1. The maximum atomic E-state index is 5.92. The predicted octanol–water partition coefficient (Wildman–Crippen LogP) is 2.02. The van der Waals surface area contributed by atoms with Crippen LogP contribution in [0.5, 0.6) is 5.75 Å². The highest BCUT2D eigenvalue weighted by Crippen LogP contribution is 2.16. The lowest BCUT2D eigenvalue weighted by atomic mass is 10.1. The van der Waals surface area contributed by atoms with E-state index >= 15 is 0 Å². The molecule has 2 N–H and O–H groups in total. The van der Waals surface area contributed by atoms with Gasteiger partial charge in [-0.2, -0.15) is 0 Å². The van der Waals surface area contributed by atoms with Gasteiger partial charge >= 0.3 is 0 Å². The Morgan fingerprint density at radius 3 is 2.80 bits per heavy atom. The van der Waals surface area contributed by atoms with E-state index in [1.807, 2.05) is 6.92 Å². The summed E-state index contributed by atoms with van der Waals surface area (Å²) in [6, 6.07) is 8.47. The minimum absolute atomic E-state index is 0.0858. The molecule has 1 heterocycles. The van der Waals surface area contributed by atoms with Crippen LogP contribution in [0.3, 0.4) is 0 Å². The molecule has 112 valence electrons. The van der Waals surface area contributed by atoms with Crippen LogP contribution in [0.4, 0.5) is 0 Å². The van der Waals surface area contributed by atoms with Crippen molar-refractivity contribution in [2.75, 3.05) is 26.3 Å². The molecular weight excluding hydrogens is 252 g/mol. The topological polar surface area (TPSA) is 47.7 Å². The van der Waals surface area contributed by atoms with Gasteiger partial charge in [0.1, 0.15) is 5.75 Å². The number of rotatable bonds is 6. The molecule has 0 radical (unpaired) electrons. The number of hydrogen-bond acceptors (Lipinski definition) is 4. The van der Waals surface area contributed by atoms with E-state index in [2.05, 4.69) is 36.1 Å². The molecule has 0 saturated carbocycles. The van der Waals surface area contributed by atoms with Crippen LogP contribution in [-0.4, -0.2) is 43.3 Å². The summed E-state index contributed by atoms with van der Waals surface area (Å²) in [5.41, 5.74) is 7.23. The Hall–Kier alpha value is -1.10. The van der Waals surface area contributed by atoms with Gasteiger partial charge in [-0.25, -0.2) is 0 Å². The van der Waals surface area contributed by atoms with Crippen molar-refractivity contribution in [1.82, 2.24) is 4.90 Å². The molecule has 1 aliphatic rings. The molecule has 0 spiro atoms. The van der Waals surface area contributed by atoms with Crippen LogP contribution >= 0.6 is 0 Å². The highest BCUT2D eigenvalue weighted by molar-refractivity contribution is 5.27. The van der Waals surface area contributed by atoms with E-state index in [0.29, 0.717) is 0 Å². The van der Waals surface area contributed by atoms with Gasteiger partial charge in [-0.15, -0.1) is 0 Å². The van der Waals surface area contributed by atoms with E-state index in [1.54, 1.807) is 0 Å². The Morgan fingerprint density at radius 1 is 1.40 bits per heavy atom. The van der Waals surface area contributed by atoms with Crippen LogP contribution in [0.15, 0.2) is 24.3 Å². The summed E-state index contributed by atoms with van der Waals surface area (Å²) in [5.74, 6) is 0.950. The quantitative estimate of drug-likeness (QED) is 0.865. The maximum Gasteiger partial charge on any atom is 0.119 e. The highest BCUT2D eigenvalue weighted by atomic mass is 16.5. The SMILES string of the molecule is CCCOc1ccc(CN2CCOC(C(C)N)C2)cc1. The van der Waals surface area contributed by atoms with E-state index < -0.39 is 0 Å². The summed E-state index contributed by atoms with van der Waals surface area (Å²) in [6.07, 6.45) is 1.18. The molecule has 1 aliphatic heterocycles. The van der Waals surface area contributed by atoms with Crippen molar-refractivity contribution < 1.29 is 9.47 Å². The molecule has 4 nitrogen and oxygen atoms in total. The fraction of sp³-hybridized carbons (Fsp3) is 0.625. The molecule has 1 aromatic carbocycles. The maximum absolute atomic E-state index is 5.92. The average molecular weight is 278 g/mol. The molecule has 2 rings (SSSR count). The molecule has 0 aliphatic carbocycles. The van der Waals surface area contributed by atoms with Crippen molar-refractivity contribution in [3.63, 3.8) is 0 Å². The zero-order valence-corrected chi connectivity index (χ0v) is 12.5. The third-order valence-corrected chi connectivity index (χ3v) is 3.57. The van der Waals surface area contributed by atoms with E-state index in [1.165, 1.54) is 5.56 Å². The summed E-state index contributed by atoms with van der Waals surface area (Å²) >= 11 is 0. The van der Waals surface area contributed by atoms with E-state index in [9.17, 15) is 0 Å². The van der Waals surface area contributed by atoms with Gasteiger partial charge in [0.15, 0.2) is 0 Å². The zero-order valence-electron chi connectivity index (χ0n) is 12.5. The molecular formula is C16H26N2O2. The Kier molecular flexibility index (Phi) is 5.83. The third kappa shape index (κ3) is 4.47. The van der Waals surface area contributed by atoms with Crippen molar-refractivity contribution in [3.05, 3.63) is 29.8 Å². The first kappa shape index (κ1) is 15.3. The van der Waals surface area contributed by atoms with Crippen LogP contribution in [0, 0.1) is 0 Å². The third-order valence-electron chi connectivity index (χ3n) is 3.57. The first-order valence-electron chi connectivity index (χ1n) is 7.50. The molecule has 1 aromatic rings. The molecule has 1 saturated heterocycles. The van der Waals surface area contributed by atoms with Gasteiger partial charge in [0.25, 0.3) is 0 Å². The van der Waals surface area contributed by atoms with Gasteiger partial charge in [0.05, 0.1) is 19.3 Å². The van der Waals surface area contributed by atoms with Gasteiger partial charge in [-0.1, -0.05) is 19.1 Å². The normalized spacial score (nSPS) is 21.6. The number of nitrogens with zero attached hydrogens (tertiary/aromatic N) is 1. The van der Waals surface area contributed by atoms with Gasteiger partial charge in [-0.05, 0) is 31.0 Å². The molecule has 20 heavy (non-hydrogen) atoms. The summed E-state index contributed by atoms with van der Waals surface area (Å²) in [6.45, 7) is 8.49. The Morgan fingerprint density at radius 2 is 2.15 bits per heavy atom. The van der Waals surface area contributed by atoms with Crippen LogP contribution in [0.1, 0.15) is 25.8 Å². The minimum atomic E-state index is 0.0858. The second kappa shape index (κ2) is 7.62. The number of ether oxygens (including phenoxy) is 2. The monoisotopic (exact) mass is 278 g/mol. The molecule has 0 aromatic heterocycles. The van der Waals surface area contributed by atoms with Crippen LogP contribution < -0.4 is 10.5 Å². The largest absolute Gasteiger partial charge is 0.494 e. The van der Waals surface area contributed by atoms with Crippen molar-refractivity contribution in [1.29, 1.82) is 0 Å². The fourth-order valence-corrected chi connectivity index (χ4v) is 2.36. The molecule has 2 unspecified atom stereocenters. The van der Waals surface area contributed by atoms with Crippen LogP contribution in [0.2, 0.25) is 0 Å². The summed E-state index contributed by atoms with van der Waals surface area (Å²) in [5, 5.41) is 0. The van der Waals surface area contributed by atoms with Gasteiger partial charge in [0.2, 0.25) is 0 Å². The van der Waals surface area contributed by atoms with Gasteiger partial charge in [0, 0.05) is 25.7 Å². The van der Waals surface area contributed by atoms with E-state index in [0.717, 1.165) is 45.0 Å². The summed E-state index contributed by atoms with van der Waals surface area (Å²) in [7, 11) is 0. The number of benzene rings is 1. The van der Waals surface area contributed by atoms with Gasteiger partial charge < -0.3 is 15.2 Å². The zero-order chi connectivity index (χ0) is 14.4. The second-order valence-electron chi connectivity index (χ2n) is 5.50. The molecule has 1 fully saturated rings. The first-order chi connectivity index (χ1) is 9.69. The smallest absolute Gasteiger partial charge is 0.119 e. The van der Waals surface area contributed by atoms with Crippen molar-refractivity contribution >= 4 is 0 Å². The Labute approximate surface area is 121 Å². The fourth-order valence-electron chi connectivity index (χ4n) is 2.36. The van der Waals surface area contributed by atoms with Crippen LogP contribution in [-0.2, 0) is 11.3 Å². The predicted molar refractivity (Wildman–Crippen MR) is 80.9 cm³/mol. The average Bonchev–Trinajstić information content (AvgIpc) is 2.47. The van der Waals surface area contributed by atoms with Crippen LogP contribution in [0.25, 0.3) is 0 Å². The van der Waals surface area contributed by atoms with Gasteiger partial charge in [-0.3, -0.25) is 4.90 Å². The molecule has 0 bridgehead atoms. The number of hydrogen-bond donors (Lipinski definition) is 1. The number of nitrogens with two attached hydrogens (primary N) is 1. The minimum Gasteiger partial charge on any atom is -0.494 e. The lowest BCUT2D eigenvalue weighted by molar-refractivity contribution is -0.0403. The lowest BCUT2D eigenvalue weighted by Crippen LogP contribution is -2.49. The van der Waals surface area contributed by atoms with E-state index in [4.69, 9.17) is 15.2 Å². The molecule has 2 atom stereocenters. The Bertz CT molecular complexity index is 392. The second-order valence-corrected chi connectivity index (χ2v) is 5.50. The first-order valence-corrected chi connectivity index (χ1v) is 7.50. The Balaban J connectivity index is 1.86. The molecule has 0 amide bonds. The molecule has 4 heteroatoms. The van der Waals surface area contributed by atoms with Crippen molar-refractivity contribution in [2.24, 2.45) is 5.73 Å². The standard InChI is InChI=1S/C16H26N2O2/c1-3-9-19-15-6-4-14(5-7-15)11-18-8-10-20-16(12-18)13(2)17/h4-7,13,16H,3,8-12,17H2,1-2H3.